The third-order valence-corrected chi connectivity index (χ3v) is 2.85. The van der Waals surface area contributed by atoms with E-state index in [9.17, 15) is 9.90 Å². The van der Waals surface area contributed by atoms with Gasteiger partial charge in [0.15, 0.2) is 0 Å². The van der Waals surface area contributed by atoms with Gasteiger partial charge in [0.05, 0.1) is 19.3 Å². The molecule has 1 aliphatic carbocycles. The van der Waals surface area contributed by atoms with Gasteiger partial charge >= 0.3 is 0 Å². The molecule has 2 aliphatic rings. The second kappa shape index (κ2) is 2.71. The van der Waals surface area contributed by atoms with Crippen LogP contribution in [-0.2, 0) is 9.63 Å². The van der Waals surface area contributed by atoms with Crippen LogP contribution in [0.1, 0.15) is 19.3 Å². The van der Waals surface area contributed by atoms with E-state index in [1.807, 2.05) is 0 Å². The number of carbonyl (C=O) groups is 1. The molecular formula is C8H13NO3. The van der Waals surface area contributed by atoms with E-state index in [0.717, 1.165) is 19.3 Å². The molecule has 4 nitrogen and oxygen atoms in total. The third-order valence-electron chi connectivity index (χ3n) is 2.85. The second-order valence-corrected chi connectivity index (χ2v) is 3.49. The summed E-state index contributed by atoms with van der Waals surface area (Å²) in [4.78, 5) is 16.4. The summed E-state index contributed by atoms with van der Waals surface area (Å²) in [7, 11) is 1.48. The number of hydroxylamine groups is 2. The zero-order valence-corrected chi connectivity index (χ0v) is 7.06. The van der Waals surface area contributed by atoms with Gasteiger partial charge in [-0.3, -0.25) is 9.63 Å². The third kappa shape index (κ3) is 0.949. The van der Waals surface area contributed by atoms with E-state index >= 15 is 0 Å². The number of amides is 1. The van der Waals surface area contributed by atoms with E-state index < -0.39 is 6.10 Å². The van der Waals surface area contributed by atoms with Gasteiger partial charge in [-0.25, -0.2) is 5.06 Å². The van der Waals surface area contributed by atoms with Crippen LogP contribution in [0.4, 0.5) is 0 Å². The molecule has 2 rings (SSSR count). The van der Waals surface area contributed by atoms with Crippen LogP contribution >= 0.6 is 0 Å². The Hall–Kier alpha value is -0.610. The Morgan fingerprint density at radius 1 is 1.58 bits per heavy atom. The first-order chi connectivity index (χ1) is 5.74. The van der Waals surface area contributed by atoms with Crippen molar-refractivity contribution in [2.75, 3.05) is 7.11 Å². The Morgan fingerprint density at radius 3 is 3.00 bits per heavy atom. The normalized spacial score (nSPS) is 40.7. The van der Waals surface area contributed by atoms with Crippen molar-refractivity contribution in [2.45, 2.75) is 31.4 Å². The molecule has 1 N–H and O–H groups in total. The first-order valence-electron chi connectivity index (χ1n) is 4.29. The Kier molecular flexibility index (Phi) is 1.81. The predicted octanol–water partition coefficient (Wildman–Crippen LogP) is -0.0804. The number of hydrogen-bond acceptors (Lipinski definition) is 3. The Morgan fingerprint density at radius 2 is 2.33 bits per heavy atom. The van der Waals surface area contributed by atoms with Gasteiger partial charge in [0.2, 0.25) is 5.91 Å². The van der Waals surface area contributed by atoms with Gasteiger partial charge in [0, 0.05) is 5.92 Å². The van der Waals surface area contributed by atoms with Crippen molar-refractivity contribution in [1.29, 1.82) is 0 Å². The zero-order chi connectivity index (χ0) is 8.72. The highest BCUT2D eigenvalue weighted by atomic mass is 16.7. The molecule has 1 saturated carbocycles. The minimum atomic E-state index is -0.396. The van der Waals surface area contributed by atoms with Crippen LogP contribution in [0.5, 0.6) is 0 Å². The number of aliphatic hydroxyl groups excluding tert-OH is 1. The highest BCUT2D eigenvalue weighted by Gasteiger charge is 2.46. The highest BCUT2D eigenvalue weighted by molar-refractivity contribution is 5.80. The summed E-state index contributed by atoms with van der Waals surface area (Å²) in [6.07, 6.45) is 1.89. The lowest BCUT2D eigenvalue weighted by atomic mass is 9.88. The van der Waals surface area contributed by atoms with Gasteiger partial charge in [0.25, 0.3) is 0 Å². The summed E-state index contributed by atoms with van der Waals surface area (Å²) in [6, 6.07) is -0.0961. The topological polar surface area (TPSA) is 49.8 Å². The minimum Gasteiger partial charge on any atom is -0.391 e. The molecule has 0 unspecified atom stereocenters. The summed E-state index contributed by atoms with van der Waals surface area (Å²) in [5.41, 5.74) is 0. The van der Waals surface area contributed by atoms with Crippen LogP contribution in [0.15, 0.2) is 0 Å². The predicted molar refractivity (Wildman–Crippen MR) is 41.0 cm³/mol. The highest BCUT2D eigenvalue weighted by Crippen LogP contribution is 2.36. The summed E-state index contributed by atoms with van der Waals surface area (Å²) in [5.74, 6) is 0.136. The SMILES string of the molecule is CON1C(=O)[C@H]2CC[C@H](O)[C@@H]1C2. The lowest BCUT2D eigenvalue weighted by molar-refractivity contribution is -0.185. The molecule has 1 amide bonds. The van der Waals surface area contributed by atoms with Crippen molar-refractivity contribution in [3.05, 3.63) is 0 Å². The van der Waals surface area contributed by atoms with Crippen LogP contribution in [0.25, 0.3) is 0 Å². The number of aliphatic hydroxyl groups is 1. The number of nitrogens with zero attached hydrogens (tertiary/aromatic N) is 1. The quantitative estimate of drug-likeness (QED) is 0.600. The molecule has 0 aromatic carbocycles. The maximum Gasteiger partial charge on any atom is 0.249 e. The maximum atomic E-state index is 11.5. The molecule has 0 spiro atoms. The van der Waals surface area contributed by atoms with Crippen molar-refractivity contribution in [3.63, 3.8) is 0 Å². The average Bonchev–Trinajstić information content (AvgIpc) is 2.34. The van der Waals surface area contributed by atoms with Gasteiger partial charge in [0.1, 0.15) is 0 Å². The Bertz CT molecular complexity index is 206. The number of carbonyl (C=O) groups excluding carboxylic acids is 1. The van der Waals surface area contributed by atoms with Gasteiger partial charge < -0.3 is 5.11 Å². The van der Waals surface area contributed by atoms with Crippen molar-refractivity contribution in [3.8, 4) is 0 Å². The van der Waals surface area contributed by atoms with E-state index in [1.54, 1.807) is 0 Å². The summed E-state index contributed by atoms with van der Waals surface area (Å²) in [6.45, 7) is 0. The number of fused-ring (bicyclic) bond motifs is 2. The summed E-state index contributed by atoms with van der Waals surface area (Å²) in [5, 5.41) is 10.9. The average molecular weight is 171 g/mol. The van der Waals surface area contributed by atoms with Crippen molar-refractivity contribution in [2.24, 2.45) is 5.92 Å². The molecule has 2 bridgehead atoms. The van der Waals surface area contributed by atoms with E-state index in [-0.39, 0.29) is 17.9 Å². The van der Waals surface area contributed by atoms with Gasteiger partial charge in [-0.15, -0.1) is 0 Å². The Balaban J connectivity index is 2.20. The van der Waals surface area contributed by atoms with E-state index in [2.05, 4.69) is 0 Å². The standard InChI is InChI=1S/C8H13NO3/c1-12-9-6-4-5(8(9)11)2-3-7(6)10/h5-7,10H,2-4H2,1H3/t5-,6-,7-/m0/s1. The first-order valence-corrected chi connectivity index (χ1v) is 4.29. The molecule has 2 fully saturated rings. The van der Waals surface area contributed by atoms with Crippen LogP contribution < -0.4 is 0 Å². The Labute approximate surface area is 71.1 Å². The van der Waals surface area contributed by atoms with Crippen molar-refractivity contribution >= 4 is 5.91 Å². The molecule has 3 atom stereocenters. The fourth-order valence-electron chi connectivity index (χ4n) is 2.18. The fraction of sp³-hybridized carbons (Fsp3) is 0.875. The van der Waals surface area contributed by atoms with Crippen molar-refractivity contribution < 1.29 is 14.7 Å². The van der Waals surface area contributed by atoms with Crippen LogP contribution in [-0.4, -0.2) is 35.3 Å². The lowest BCUT2D eigenvalue weighted by Crippen LogP contribution is -2.39. The number of hydrogen-bond donors (Lipinski definition) is 1. The molecule has 12 heavy (non-hydrogen) atoms. The van der Waals surface area contributed by atoms with Crippen LogP contribution in [0.3, 0.4) is 0 Å². The first kappa shape index (κ1) is 8.01. The molecular weight excluding hydrogens is 158 g/mol. The maximum absolute atomic E-state index is 11.5. The molecule has 0 aromatic heterocycles. The molecule has 1 heterocycles. The molecule has 4 heteroatoms. The second-order valence-electron chi connectivity index (χ2n) is 3.49. The molecule has 1 saturated heterocycles. The summed E-state index contributed by atoms with van der Waals surface area (Å²) < 4.78 is 0. The van der Waals surface area contributed by atoms with E-state index in [1.165, 1.54) is 12.2 Å². The monoisotopic (exact) mass is 171 g/mol. The van der Waals surface area contributed by atoms with Gasteiger partial charge in [-0.1, -0.05) is 0 Å². The molecule has 1 aliphatic heterocycles. The van der Waals surface area contributed by atoms with E-state index in [4.69, 9.17) is 4.84 Å². The fourth-order valence-corrected chi connectivity index (χ4v) is 2.18. The van der Waals surface area contributed by atoms with Crippen LogP contribution in [0.2, 0.25) is 0 Å². The lowest BCUT2D eigenvalue weighted by Gasteiger charge is -2.26. The largest absolute Gasteiger partial charge is 0.391 e. The van der Waals surface area contributed by atoms with Crippen LogP contribution in [0, 0.1) is 5.92 Å². The minimum absolute atomic E-state index is 0.0408. The van der Waals surface area contributed by atoms with Gasteiger partial charge in [-0.2, -0.15) is 0 Å². The summed E-state index contributed by atoms with van der Waals surface area (Å²) >= 11 is 0. The number of rotatable bonds is 1. The van der Waals surface area contributed by atoms with Crippen molar-refractivity contribution in [1.82, 2.24) is 5.06 Å². The van der Waals surface area contributed by atoms with Gasteiger partial charge in [-0.05, 0) is 19.3 Å². The smallest absolute Gasteiger partial charge is 0.249 e. The molecule has 0 aromatic rings. The molecule has 0 radical (unpaired) electrons. The zero-order valence-electron chi connectivity index (χ0n) is 7.06. The molecule has 68 valence electrons. The van der Waals surface area contributed by atoms with E-state index in [0.29, 0.717) is 0 Å².